The first-order valence-electron chi connectivity index (χ1n) is 17.2. The van der Waals surface area contributed by atoms with E-state index in [0.717, 1.165) is 55.9 Å². The van der Waals surface area contributed by atoms with Crippen molar-refractivity contribution >= 4 is 43.3 Å². The fraction of sp³-hybridized carbons (Fsp3) is 0. The highest BCUT2D eigenvalue weighted by Crippen LogP contribution is 2.43. The Kier molecular flexibility index (Phi) is 6.81. The Morgan fingerprint density at radius 2 is 1.00 bits per heavy atom. The van der Waals surface area contributed by atoms with Crippen molar-refractivity contribution in [1.82, 2.24) is 9.97 Å². The van der Waals surface area contributed by atoms with E-state index in [1.54, 1.807) is 0 Å². The van der Waals surface area contributed by atoms with Gasteiger partial charge in [0.15, 0.2) is 5.82 Å². The molecule has 10 aromatic rings. The van der Waals surface area contributed by atoms with Gasteiger partial charge in [-0.15, -0.1) is 0 Å². The molecule has 0 spiro atoms. The third-order valence-electron chi connectivity index (χ3n) is 9.89. The summed E-state index contributed by atoms with van der Waals surface area (Å²) in [6, 6.07) is 63.9. The van der Waals surface area contributed by atoms with Crippen LogP contribution in [0.15, 0.2) is 186 Å². The van der Waals surface area contributed by atoms with E-state index in [2.05, 4.69) is 146 Å². The van der Waals surface area contributed by atoms with Crippen LogP contribution >= 0.6 is 0 Å². The molecule has 0 N–H and O–H groups in total. The van der Waals surface area contributed by atoms with Crippen molar-refractivity contribution in [3.63, 3.8) is 0 Å². The predicted molar refractivity (Wildman–Crippen MR) is 212 cm³/mol. The lowest BCUT2D eigenvalue weighted by Crippen LogP contribution is -1.97. The average molecular weight is 651 g/mol. The standard InChI is InChI=1S/C48H30N2O/c1-2-13-34(14-3-1)48-49-43(32-22-24-33(25-23-32)46-29-36-16-6-11-21-45(36)51-46)30-44(50-48)39-19-9-10-20-40(39)47-38-18-8-5-15-35(38)28-42-37-17-7-4-12-31(37)26-27-41(42)47/h1-30H. The van der Waals surface area contributed by atoms with Crippen molar-refractivity contribution in [1.29, 1.82) is 0 Å². The van der Waals surface area contributed by atoms with Crippen LogP contribution in [0.1, 0.15) is 0 Å². The Morgan fingerprint density at radius 1 is 0.353 bits per heavy atom. The molecule has 3 heteroatoms. The Balaban J connectivity index is 1.17. The molecule has 0 aliphatic heterocycles. The number of nitrogens with zero attached hydrogens (tertiary/aromatic N) is 2. The number of hydrogen-bond donors (Lipinski definition) is 0. The largest absolute Gasteiger partial charge is 0.456 e. The SMILES string of the molecule is c1ccc(-c2nc(-c3ccc(-c4cc5ccccc5o4)cc3)cc(-c3ccccc3-c3c4ccccc4cc4c3ccc3ccccc34)n2)cc1. The van der Waals surface area contributed by atoms with Crippen LogP contribution in [0, 0.1) is 0 Å². The maximum atomic E-state index is 6.17. The molecule has 0 amide bonds. The van der Waals surface area contributed by atoms with Gasteiger partial charge in [-0.25, -0.2) is 9.97 Å². The van der Waals surface area contributed by atoms with Crippen LogP contribution in [0.25, 0.3) is 99.6 Å². The summed E-state index contributed by atoms with van der Waals surface area (Å²) >= 11 is 0. The van der Waals surface area contributed by atoms with Gasteiger partial charge in [0.05, 0.1) is 11.4 Å². The summed E-state index contributed by atoms with van der Waals surface area (Å²) in [4.78, 5) is 10.4. The van der Waals surface area contributed by atoms with Gasteiger partial charge in [-0.2, -0.15) is 0 Å². The Hall–Kier alpha value is -6.84. The number of hydrogen-bond acceptors (Lipinski definition) is 3. The lowest BCUT2D eigenvalue weighted by Gasteiger charge is -2.17. The maximum Gasteiger partial charge on any atom is 0.160 e. The summed E-state index contributed by atoms with van der Waals surface area (Å²) in [6.45, 7) is 0. The zero-order valence-electron chi connectivity index (χ0n) is 27.6. The molecular formula is C48H30N2O. The topological polar surface area (TPSA) is 38.9 Å². The van der Waals surface area contributed by atoms with Crippen molar-refractivity contribution in [3.8, 4) is 56.4 Å². The lowest BCUT2D eigenvalue weighted by atomic mass is 9.87. The Labute approximate surface area is 295 Å². The van der Waals surface area contributed by atoms with Gasteiger partial charge in [-0.3, -0.25) is 0 Å². The average Bonchev–Trinajstić information content (AvgIpc) is 3.65. The van der Waals surface area contributed by atoms with Gasteiger partial charge in [0.2, 0.25) is 0 Å². The van der Waals surface area contributed by atoms with Gasteiger partial charge < -0.3 is 4.42 Å². The van der Waals surface area contributed by atoms with Gasteiger partial charge in [-0.05, 0) is 67.7 Å². The van der Waals surface area contributed by atoms with Crippen molar-refractivity contribution in [2.45, 2.75) is 0 Å². The molecule has 0 atom stereocenters. The van der Waals surface area contributed by atoms with Crippen LogP contribution < -0.4 is 0 Å². The fourth-order valence-corrected chi connectivity index (χ4v) is 7.41. The molecule has 0 saturated carbocycles. The third-order valence-corrected chi connectivity index (χ3v) is 9.89. The fourth-order valence-electron chi connectivity index (χ4n) is 7.41. The number of fused-ring (bicyclic) bond motifs is 5. The number of furan rings is 1. The van der Waals surface area contributed by atoms with Crippen molar-refractivity contribution < 1.29 is 4.42 Å². The predicted octanol–water partition coefficient (Wildman–Crippen LogP) is 13.0. The molecule has 0 saturated heterocycles. The number of benzene rings is 8. The van der Waals surface area contributed by atoms with E-state index >= 15 is 0 Å². The van der Waals surface area contributed by atoms with Crippen molar-refractivity contribution in [3.05, 3.63) is 182 Å². The van der Waals surface area contributed by atoms with Crippen LogP contribution in [0.4, 0.5) is 0 Å². The van der Waals surface area contributed by atoms with Crippen LogP contribution in [0.3, 0.4) is 0 Å². The minimum Gasteiger partial charge on any atom is -0.456 e. The minimum absolute atomic E-state index is 0.688. The Morgan fingerprint density at radius 3 is 1.82 bits per heavy atom. The number of aromatic nitrogens is 2. The van der Waals surface area contributed by atoms with E-state index in [9.17, 15) is 0 Å². The molecule has 0 unspecified atom stereocenters. The van der Waals surface area contributed by atoms with Crippen LogP contribution in [-0.2, 0) is 0 Å². The van der Waals surface area contributed by atoms with Crippen LogP contribution in [0.5, 0.6) is 0 Å². The minimum atomic E-state index is 0.688. The van der Waals surface area contributed by atoms with Crippen LogP contribution in [0.2, 0.25) is 0 Å². The number of rotatable bonds is 5. The van der Waals surface area contributed by atoms with E-state index in [0.29, 0.717) is 5.82 Å². The van der Waals surface area contributed by atoms with E-state index < -0.39 is 0 Å². The zero-order chi connectivity index (χ0) is 33.7. The van der Waals surface area contributed by atoms with E-state index in [1.807, 2.05) is 36.4 Å². The van der Waals surface area contributed by atoms with Crippen molar-refractivity contribution in [2.75, 3.05) is 0 Å². The van der Waals surface area contributed by atoms with Gasteiger partial charge in [0.25, 0.3) is 0 Å². The second-order valence-corrected chi connectivity index (χ2v) is 13.0. The molecule has 0 radical (unpaired) electrons. The summed E-state index contributed by atoms with van der Waals surface area (Å²) in [7, 11) is 0. The van der Waals surface area contributed by atoms with E-state index in [1.165, 1.54) is 37.9 Å². The smallest absolute Gasteiger partial charge is 0.160 e. The Bertz CT molecular complexity index is 2870. The molecule has 0 bridgehead atoms. The summed E-state index contributed by atoms with van der Waals surface area (Å²) in [5, 5.41) is 8.47. The molecule has 51 heavy (non-hydrogen) atoms. The van der Waals surface area contributed by atoms with Gasteiger partial charge >= 0.3 is 0 Å². The highest BCUT2D eigenvalue weighted by atomic mass is 16.3. The summed E-state index contributed by atoms with van der Waals surface area (Å²) in [5.74, 6) is 1.54. The first-order chi connectivity index (χ1) is 25.3. The summed E-state index contributed by atoms with van der Waals surface area (Å²) < 4.78 is 6.17. The summed E-state index contributed by atoms with van der Waals surface area (Å²) in [6.07, 6.45) is 0. The quantitative estimate of drug-likeness (QED) is 0.137. The summed E-state index contributed by atoms with van der Waals surface area (Å²) in [5.41, 5.74) is 9.02. The van der Waals surface area contributed by atoms with E-state index in [4.69, 9.17) is 14.4 Å². The molecule has 0 aliphatic carbocycles. The molecule has 238 valence electrons. The second-order valence-electron chi connectivity index (χ2n) is 13.0. The first-order valence-corrected chi connectivity index (χ1v) is 17.2. The molecule has 10 rings (SSSR count). The molecular weight excluding hydrogens is 621 g/mol. The molecule has 0 aliphatic rings. The van der Waals surface area contributed by atoms with Gasteiger partial charge in [0.1, 0.15) is 11.3 Å². The zero-order valence-corrected chi connectivity index (χ0v) is 27.6. The molecule has 3 nitrogen and oxygen atoms in total. The monoisotopic (exact) mass is 650 g/mol. The molecule has 2 heterocycles. The van der Waals surface area contributed by atoms with Gasteiger partial charge in [-0.1, -0.05) is 158 Å². The molecule has 8 aromatic carbocycles. The lowest BCUT2D eigenvalue weighted by molar-refractivity contribution is 0.631. The highest BCUT2D eigenvalue weighted by Gasteiger charge is 2.18. The number of para-hydroxylation sites is 1. The van der Waals surface area contributed by atoms with Crippen LogP contribution in [-0.4, -0.2) is 9.97 Å². The maximum absolute atomic E-state index is 6.17. The van der Waals surface area contributed by atoms with Gasteiger partial charge in [0, 0.05) is 27.6 Å². The van der Waals surface area contributed by atoms with E-state index in [-0.39, 0.29) is 0 Å². The van der Waals surface area contributed by atoms with Crippen molar-refractivity contribution in [2.24, 2.45) is 0 Å². The molecule has 2 aromatic heterocycles. The first kappa shape index (κ1) is 29.1. The third kappa shape index (κ3) is 5.06. The second kappa shape index (κ2) is 11.9. The normalized spacial score (nSPS) is 11.5. The molecule has 0 fully saturated rings. The highest BCUT2D eigenvalue weighted by molar-refractivity contribution is 6.21.